The summed E-state index contributed by atoms with van der Waals surface area (Å²) >= 11 is 0. The highest BCUT2D eigenvalue weighted by molar-refractivity contribution is 6.15. The summed E-state index contributed by atoms with van der Waals surface area (Å²) in [5.41, 5.74) is 1.56. The maximum atomic E-state index is 11.8. The van der Waals surface area contributed by atoms with Crippen LogP contribution in [0.15, 0.2) is 40.8 Å². The van der Waals surface area contributed by atoms with E-state index < -0.39 is 17.7 Å². The van der Waals surface area contributed by atoms with E-state index in [-0.39, 0.29) is 5.57 Å². The number of hydrogen-bond donors (Lipinski definition) is 1. The summed E-state index contributed by atoms with van der Waals surface area (Å²) in [6, 6.07) is 5.26. The molecule has 21 heavy (non-hydrogen) atoms. The van der Waals surface area contributed by atoms with Crippen molar-refractivity contribution in [2.24, 2.45) is 0 Å². The molecule has 0 aliphatic carbocycles. The number of aromatic nitrogens is 1. The standard InChI is InChI=1S/C14H12N2O5/c1-14(2)20-12(17)8(13(18)21-14)6-15-9-4-3-5-10-11(9)16-7-19-10/h3-7,15H,1-2H3. The van der Waals surface area contributed by atoms with Gasteiger partial charge in [-0.25, -0.2) is 14.6 Å². The van der Waals surface area contributed by atoms with E-state index in [0.29, 0.717) is 16.8 Å². The average molecular weight is 288 g/mol. The van der Waals surface area contributed by atoms with Gasteiger partial charge in [0.2, 0.25) is 0 Å². The lowest BCUT2D eigenvalue weighted by Crippen LogP contribution is -2.42. The van der Waals surface area contributed by atoms with E-state index in [2.05, 4.69) is 10.3 Å². The fraction of sp³-hybridized carbons (Fsp3) is 0.214. The zero-order valence-corrected chi connectivity index (χ0v) is 11.4. The van der Waals surface area contributed by atoms with Crippen molar-refractivity contribution in [2.75, 3.05) is 5.32 Å². The van der Waals surface area contributed by atoms with Gasteiger partial charge in [-0.05, 0) is 12.1 Å². The highest BCUT2D eigenvalue weighted by Crippen LogP contribution is 2.24. The number of oxazole rings is 1. The number of rotatable bonds is 2. The summed E-state index contributed by atoms with van der Waals surface area (Å²) in [7, 11) is 0. The monoisotopic (exact) mass is 288 g/mol. The van der Waals surface area contributed by atoms with Gasteiger partial charge in [0.25, 0.3) is 5.79 Å². The smallest absolute Gasteiger partial charge is 0.350 e. The average Bonchev–Trinajstić information content (AvgIpc) is 2.85. The second-order valence-electron chi connectivity index (χ2n) is 4.89. The fourth-order valence-electron chi connectivity index (χ4n) is 1.93. The Hall–Kier alpha value is -2.83. The predicted octanol–water partition coefficient (Wildman–Crippen LogP) is 1.96. The van der Waals surface area contributed by atoms with Crippen LogP contribution in [0.1, 0.15) is 13.8 Å². The van der Waals surface area contributed by atoms with Crippen molar-refractivity contribution >= 4 is 28.7 Å². The number of cyclic esters (lactones) is 2. The molecule has 1 fully saturated rings. The number of fused-ring (bicyclic) bond motifs is 1. The maximum absolute atomic E-state index is 11.8. The number of anilines is 1. The first-order valence-electron chi connectivity index (χ1n) is 6.22. The van der Waals surface area contributed by atoms with Crippen LogP contribution in [-0.4, -0.2) is 22.7 Å². The third kappa shape index (κ3) is 2.45. The largest absolute Gasteiger partial charge is 0.443 e. The molecule has 0 unspecified atom stereocenters. The highest BCUT2D eigenvalue weighted by atomic mass is 16.7. The van der Waals surface area contributed by atoms with Gasteiger partial charge < -0.3 is 19.2 Å². The molecule has 0 spiro atoms. The van der Waals surface area contributed by atoms with Gasteiger partial charge in [0, 0.05) is 20.0 Å². The number of hydrogen-bond acceptors (Lipinski definition) is 7. The van der Waals surface area contributed by atoms with Gasteiger partial charge in [-0.15, -0.1) is 0 Å². The van der Waals surface area contributed by atoms with E-state index in [9.17, 15) is 9.59 Å². The van der Waals surface area contributed by atoms with Crippen LogP contribution >= 0.6 is 0 Å². The van der Waals surface area contributed by atoms with Gasteiger partial charge in [0.05, 0.1) is 5.69 Å². The minimum absolute atomic E-state index is 0.213. The number of nitrogens with one attached hydrogen (secondary N) is 1. The molecule has 0 bridgehead atoms. The second-order valence-corrected chi connectivity index (χ2v) is 4.89. The molecule has 2 heterocycles. The van der Waals surface area contributed by atoms with Crippen LogP contribution in [0.5, 0.6) is 0 Å². The SMILES string of the molecule is CC1(C)OC(=O)C(=CNc2cccc3ocnc23)C(=O)O1. The molecule has 1 aromatic carbocycles. The Morgan fingerprint density at radius 3 is 2.62 bits per heavy atom. The van der Waals surface area contributed by atoms with Crippen molar-refractivity contribution in [1.29, 1.82) is 0 Å². The first-order valence-corrected chi connectivity index (χ1v) is 6.22. The molecular weight excluding hydrogens is 276 g/mol. The molecule has 0 radical (unpaired) electrons. The zero-order chi connectivity index (χ0) is 15.0. The Morgan fingerprint density at radius 2 is 1.90 bits per heavy atom. The van der Waals surface area contributed by atoms with Crippen LogP contribution < -0.4 is 5.32 Å². The zero-order valence-electron chi connectivity index (χ0n) is 11.4. The molecule has 3 rings (SSSR count). The Labute approximate surface area is 119 Å². The Kier molecular flexibility index (Phi) is 2.90. The quantitative estimate of drug-likeness (QED) is 0.513. The van der Waals surface area contributed by atoms with Gasteiger partial charge in [0.15, 0.2) is 17.5 Å². The van der Waals surface area contributed by atoms with Crippen molar-refractivity contribution in [1.82, 2.24) is 4.98 Å². The maximum Gasteiger partial charge on any atom is 0.350 e. The van der Waals surface area contributed by atoms with Crippen LogP contribution in [0.4, 0.5) is 5.69 Å². The number of ether oxygens (including phenoxy) is 2. The molecule has 0 saturated carbocycles. The van der Waals surface area contributed by atoms with E-state index in [1.54, 1.807) is 18.2 Å². The molecule has 1 aliphatic rings. The first kappa shape index (κ1) is 13.2. The van der Waals surface area contributed by atoms with E-state index >= 15 is 0 Å². The van der Waals surface area contributed by atoms with Gasteiger partial charge in [-0.1, -0.05) is 6.07 Å². The minimum Gasteiger partial charge on any atom is -0.443 e. The number of esters is 2. The molecule has 1 aromatic heterocycles. The molecule has 1 aliphatic heterocycles. The molecule has 2 aromatic rings. The molecule has 7 nitrogen and oxygen atoms in total. The van der Waals surface area contributed by atoms with Crippen molar-refractivity contribution in [2.45, 2.75) is 19.6 Å². The molecule has 1 saturated heterocycles. The van der Waals surface area contributed by atoms with Crippen LogP contribution in [-0.2, 0) is 19.1 Å². The van der Waals surface area contributed by atoms with Gasteiger partial charge in [-0.2, -0.15) is 0 Å². The van der Waals surface area contributed by atoms with E-state index in [1.807, 2.05) is 0 Å². The topological polar surface area (TPSA) is 90.7 Å². The van der Waals surface area contributed by atoms with E-state index in [4.69, 9.17) is 13.9 Å². The van der Waals surface area contributed by atoms with Crippen LogP contribution in [0, 0.1) is 0 Å². The second kappa shape index (κ2) is 4.62. The van der Waals surface area contributed by atoms with E-state index in [1.165, 1.54) is 26.4 Å². The Bertz CT molecular complexity index is 738. The van der Waals surface area contributed by atoms with E-state index in [0.717, 1.165) is 0 Å². The van der Waals surface area contributed by atoms with Crippen LogP contribution in [0.3, 0.4) is 0 Å². The van der Waals surface area contributed by atoms with Crippen molar-refractivity contribution in [3.05, 3.63) is 36.4 Å². The number of carbonyl (C=O) groups is 2. The molecule has 0 atom stereocenters. The normalized spacial score (nSPS) is 17.3. The fourth-order valence-corrected chi connectivity index (χ4v) is 1.93. The lowest BCUT2D eigenvalue weighted by Gasteiger charge is -2.29. The third-order valence-electron chi connectivity index (χ3n) is 2.85. The minimum atomic E-state index is -1.25. The Balaban J connectivity index is 1.88. The summed E-state index contributed by atoms with van der Waals surface area (Å²) < 4.78 is 15.2. The van der Waals surface area contributed by atoms with Gasteiger partial charge >= 0.3 is 11.9 Å². The van der Waals surface area contributed by atoms with Gasteiger partial charge in [0.1, 0.15) is 5.52 Å². The van der Waals surface area contributed by atoms with Crippen molar-refractivity contribution in [3.8, 4) is 0 Å². The lowest BCUT2D eigenvalue weighted by molar-refractivity contribution is -0.222. The van der Waals surface area contributed by atoms with Crippen molar-refractivity contribution in [3.63, 3.8) is 0 Å². The molecule has 1 N–H and O–H groups in total. The molecular formula is C14H12N2O5. The summed E-state index contributed by atoms with van der Waals surface area (Å²) in [6.07, 6.45) is 2.55. The summed E-state index contributed by atoms with van der Waals surface area (Å²) in [5, 5.41) is 2.85. The number of nitrogens with zero attached hydrogens (tertiary/aromatic N) is 1. The summed E-state index contributed by atoms with van der Waals surface area (Å²) in [5.74, 6) is -2.73. The van der Waals surface area contributed by atoms with Gasteiger partial charge in [-0.3, -0.25) is 0 Å². The molecule has 108 valence electrons. The molecule has 0 amide bonds. The van der Waals surface area contributed by atoms with Crippen LogP contribution in [0.2, 0.25) is 0 Å². The lowest BCUT2D eigenvalue weighted by atomic mass is 10.2. The third-order valence-corrected chi connectivity index (χ3v) is 2.85. The number of para-hydroxylation sites is 1. The number of benzene rings is 1. The van der Waals surface area contributed by atoms with Crippen molar-refractivity contribution < 1.29 is 23.5 Å². The summed E-state index contributed by atoms with van der Waals surface area (Å²) in [6.45, 7) is 2.98. The number of carbonyl (C=O) groups excluding carboxylic acids is 2. The first-order chi connectivity index (χ1) is 9.96. The Morgan fingerprint density at radius 1 is 1.19 bits per heavy atom. The summed E-state index contributed by atoms with van der Waals surface area (Å²) in [4.78, 5) is 27.6. The predicted molar refractivity (Wildman–Crippen MR) is 72.0 cm³/mol. The van der Waals surface area contributed by atoms with Crippen LogP contribution in [0.25, 0.3) is 11.1 Å². The highest BCUT2D eigenvalue weighted by Gasteiger charge is 2.38. The molecule has 7 heteroatoms.